The molecule has 1 rings (SSSR count). The molecule has 0 radical (unpaired) electrons. The molecule has 0 fully saturated rings. The zero-order valence-electron chi connectivity index (χ0n) is 15.6. The number of aliphatic hydroxyl groups excluding tert-OH is 1. The molecule has 0 aromatic heterocycles. The lowest BCUT2D eigenvalue weighted by atomic mass is 10.0. The molecule has 8 nitrogen and oxygen atoms in total. The first kappa shape index (κ1) is 21.7. The zero-order chi connectivity index (χ0) is 19.7. The number of hydrogen-bond donors (Lipinski definition) is 3. The topological polar surface area (TPSA) is 114 Å². The number of aliphatic hydroxyl groups is 1. The first-order valence-corrected chi connectivity index (χ1v) is 8.23. The lowest BCUT2D eigenvalue weighted by Crippen LogP contribution is -2.34. The summed E-state index contributed by atoms with van der Waals surface area (Å²) in [6.45, 7) is 5.19. The Morgan fingerprint density at radius 1 is 1.27 bits per heavy atom. The number of ether oxygens (including phenoxy) is 3. The molecule has 3 N–H and O–H groups in total. The van der Waals surface area contributed by atoms with E-state index in [1.54, 1.807) is 46.1 Å². The number of methoxy groups -OCH3 is 1. The van der Waals surface area contributed by atoms with Crippen LogP contribution in [0.4, 0.5) is 4.79 Å². The van der Waals surface area contributed by atoms with Crippen molar-refractivity contribution in [2.24, 2.45) is 0 Å². The number of hydrogen-bond acceptors (Lipinski definition) is 6. The third-order valence-electron chi connectivity index (χ3n) is 3.23. The number of carbonyl (C=O) groups excluding carboxylic acids is 1. The van der Waals surface area contributed by atoms with Crippen LogP contribution in [0.1, 0.15) is 38.0 Å². The van der Waals surface area contributed by atoms with Gasteiger partial charge in [0, 0.05) is 7.11 Å². The molecule has 0 unspecified atom stereocenters. The van der Waals surface area contributed by atoms with Crippen LogP contribution in [-0.4, -0.2) is 54.7 Å². The third-order valence-corrected chi connectivity index (χ3v) is 3.23. The van der Waals surface area contributed by atoms with E-state index in [0.29, 0.717) is 29.9 Å². The highest BCUT2D eigenvalue weighted by Gasteiger charge is 2.18. The second kappa shape index (κ2) is 9.98. The molecule has 0 aliphatic heterocycles. The Labute approximate surface area is 153 Å². The summed E-state index contributed by atoms with van der Waals surface area (Å²) < 4.78 is 15.4. The van der Waals surface area contributed by atoms with E-state index in [1.165, 1.54) is 0 Å². The van der Waals surface area contributed by atoms with Crippen molar-refractivity contribution in [2.75, 3.05) is 26.9 Å². The Morgan fingerprint density at radius 3 is 2.54 bits per heavy atom. The molecule has 0 heterocycles. The van der Waals surface area contributed by atoms with E-state index in [-0.39, 0.29) is 6.54 Å². The minimum Gasteiger partial charge on any atom is -0.482 e. The van der Waals surface area contributed by atoms with Crippen molar-refractivity contribution in [2.45, 2.75) is 38.9 Å². The monoisotopic (exact) mass is 369 g/mol. The van der Waals surface area contributed by atoms with Gasteiger partial charge in [-0.1, -0.05) is 6.07 Å². The minimum atomic E-state index is -1.08. The summed E-state index contributed by atoms with van der Waals surface area (Å²) in [5.74, 6) is -0.658. The average molecular weight is 369 g/mol. The Hall–Kier alpha value is -2.32. The van der Waals surface area contributed by atoms with Gasteiger partial charge in [0.05, 0.1) is 19.3 Å². The van der Waals surface area contributed by atoms with Crippen molar-refractivity contribution in [3.8, 4) is 5.75 Å². The molecular formula is C18H27NO7. The second-order valence-corrected chi connectivity index (χ2v) is 6.69. The molecule has 146 valence electrons. The number of amides is 1. The van der Waals surface area contributed by atoms with Crippen LogP contribution in [0, 0.1) is 0 Å². The molecule has 26 heavy (non-hydrogen) atoms. The van der Waals surface area contributed by atoms with Crippen LogP contribution in [0.15, 0.2) is 18.2 Å². The number of carboxylic acids is 1. The van der Waals surface area contributed by atoms with Gasteiger partial charge in [-0.15, -0.1) is 0 Å². The highest BCUT2D eigenvalue weighted by Crippen LogP contribution is 2.24. The lowest BCUT2D eigenvalue weighted by Gasteiger charge is -2.21. The maximum Gasteiger partial charge on any atom is 0.407 e. The maximum atomic E-state index is 11.7. The number of nitrogens with one attached hydrogen (secondary N) is 1. The molecule has 0 aliphatic rings. The van der Waals surface area contributed by atoms with Crippen LogP contribution in [0.25, 0.3) is 0 Å². The number of rotatable bonds is 9. The SMILES string of the molecule is COCCc1cc([C@@H](O)CNC(=O)OC(C)(C)C)ccc1OCC(=O)O. The van der Waals surface area contributed by atoms with Crippen molar-refractivity contribution >= 4 is 12.1 Å². The van der Waals surface area contributed by atoms with Gasteiger partial charge in [0.15, 0.2) is 6.61 Å². The van der Waals surface area contributed by atoms with Gasteiger partial charge in [0.2, 0.25) is 0 Å². The van der Waals surface area contributed by atoms with E-state index in [2.05, 4.69) is 5.32 Å². The van der Waals surface area contributed by atoms with Gasteiger partial charge >= 0.3 is 12.1 Å². The molecule has 0 saturated carbocycles. The third kappa shape index (κ3) is 8.17. The largest absolute Gasteiger partial charge is 0.482 e. The Morgan fingerprint density at radius 2 is 1.96 bits per heavy atom. The first-order valence-electron chi connectivity index (χ1n) is 8.23. The summed E-state index contributed by atoms with van der Waals surface area (Å²) in [7, 11) is 1.56. The van der Waals surface area contributed by atoms with Crippen molar-refractivity contribution in [3.63, 3.8) is 0 Å². The van der Waals surface area contributed by atoms with Crippen LogP contribution < -0.4 is 10.1 Å². The van der Waals surface area contributed by atoms with E-state index in [0.717, 1.165) is 0 Å². The summed E-state index contributed by atoms with van der Waals surface area (Å²) in [5.41, 5.74) is 0.655. The van der Waals surface area contributed by atoms with Gasteiger partial charge in [0.25, 0.3) is 0 Å². The molecule has 8 heteroatoms. The van der Waals surface area contributed by atoms with Crippen molar-refractivity contribution in [1.82, 2.24) is 5.32 Å². The Kier molecular flexibility index (Phi) is 8.34. The molecule has 1 amide bonds. The minimum absolute atomic E-state index is 0.0199. The summed E-state index contributed by atoms with van der Waals surface area (Å²) in [4.78, 5) is 22.3. The van der Waals surface area contributed by atoms with E-state index in [9.17, 15) is 14.7 Å². The van der Waals surface area contributed by atoms with Crippen LogP contribution in [0.3, 0.4) is 0 Å². The smallest absolute Gasteiger partial charge is 0.407 e. The quantitative estimate of drug-likeness (QED) is 0.609. The predicted molar refractivity (Wildman–Crippen MR) is 94.3 cm³/mol. The number of carbonyl (C=O) groups is 2. The molecule has 1 aromatic carbocycles. The summed E-state index contributed by atoms with van der Waals surface area (Å²) >= 11 is 0. The number of benzene rings is 1. The number of aliphatic carboxylic acids is 1. The second-order valence-electron chi connectivity index (χ2n) is 6.69. The first-order chi connectivity index (χ1) is 12.1. The summed E-state index contributed by atoms with van der Waals surface area (Å²) in [6, 6.07) is 4.92. The molecule has 0 spiro atoms. The highest BCUT2D eigenvalue weighted by molar-refractivity contribution is 5.68. The molecular weight excluding hydrogens is 342 g/mol. The molecule has 0 aliphatic carbocycles. The molecule has 0 bridgehead atoms. The fourth-order valence-corrected chi connectivity index (χ4v) is 2.11. The fraction of sp³-hybridized carbons (Fsp3) is 0.556. The predicted octanol–water partition coefficient (Wildman–Crippen LogP) is 1.90. The standard InChI is InChI=1S/C18H27NO7/c1-18(2,3)26-17(23)19-10-14(20)12-5-6-15(25-11-16(21)22)13(9-12)7-8-24-4/h5-6,9,14,20H,7-8,10-11H2,1-4H3,(H,19,23)(H,21,22)/t14-/m0/s1. The van der Waals surface area contributed by atoms with E-state index in [4.69, 9.17) is 19.3 Å². The van der Waals surface area contributed by atoms with Gasteiger partial charge in [-0.25, -0.2) is 9.59 Å². The van der Waals surface area contributed by atoms with Gasteiger partial charge in [-0.3, -0.25) is 0 Å². The maximum absolute atomic E-state index is 11.7. The Bertz CT molecular complexity index is 610. The molecule has 0 saturated heterocycles. The Balaban J connectivity index is 2.77. The molecule has 1 atom stereocenters. The summed E-state index contributed by atoms with van der Waals surface area (Å²) in [5, 5.41) is 21.5. The van der Waals surface area contributed by atoms with Crippen LogP contribution in [0.5, 0.6) is 5.75 Å². The number of alkyl carbamates (subject to hydrolysis) is 1. The van der Waals surface area contributed by atoms with Gasteiger partial charge in [-0.05, 0) is 50.5 Å². The lowest BCUT2D eigenvalue weighted by molar-refractivity contribution is -0.139. The van der Waals surface area contributed by atoms with Gasteiger partial charge in [-0.2, -0.15) is 0 Å². The highest BCUT2D eigenvalue weighted by atomic mass is 16.6. The van der Waals surface area contributed by atoms with Crippen molar-refractivity contribution < 1.29 is 34.0 Å². The van der Waals surface area contributed by atoms with Crippen LogP contribution in [-0.2, 0) is 20.7 Å². The zero-order valence-corrected chi connectivity index (χ0v) is 15.6. The van der Waals surface area contributed by atoms with Crippen LogP contribution in [0.2, 0.25) is 0 Å². The van der Waals surface area contributed by atoms with Gasteiger partial charge in [0.1, 0.15) is 11.4 Å². The fourth-order valence-electron chi connectivity index (χ4n) is 2.11. The molecule has 1 aromatic rings. The van der Waals surface area contributed by atoms with E-state index in [1.807, 2.05) is 0 Å². The van der Waals surface area contributed by atoms with E-state index >= 15 is 0 Å². The van der Waals surface area contributed by atoms with Crippen molar-refractivity contribution in [3.05, 3.63) is 29.3 Å². The van der Waals surface area contributed by atoms with E-state index < -0.39 is 30.4 Å². The van der Waals surface area contributed by atoms with Crippen LogP contribution >= 0.6 is 0 Å². The summed E-state index contributed by atoms with van der Waals surface area (Å²) in [6.07, 6.45) is -1.07. The van der Waals surface area contributed by atoms with Gasteiger partial charge < -0.3 is 29.7 Å². The normalized spacial score (nSPS) is 12.3. The average Bonchev–Trinajstić information content (AvgIpc) is 2.54. The number of carboxylic acid groups (broad SMARTS) is 1. The van der Waals surface area contributed by atoms with Crippen molar-refractivity contribution in [1.29, 1.82) is 0 Å².